The lowest BCUT2D eigenvalue weighted by Crippen LogP contribution is -1.92. The summed E-state index contributed by atoms with van der Waals surface area (Å²) in [6, 6.07) is 159. The number of hydrogen-bond donors (Lipinski definition) is 0. The van der Waals surface area contributed by atoms with Gasteiger partial charge in [0.1, 0.15) is 0 Å². The smallest absolute Gasteiger partial charge is 0.00201 e. The molecule has 0 heterocycles. The fourth-order valence-electron chi connectivity index (χ4n) is 17.3. The standard InChI is InChI=1S/C38H24.C38H26.C34H22/c1-3-11-27-21-29(19-17-25(27)9-1)35-23-37-34-16-8-6-14-32(34)36(24-38(37)33-15-7-5-13-31(33)35)30-20-18-26-10-2-4-12-28(26)22-30;1-3-13-27(14-4-1)28-23-25-30(26-24-28)37-33-19-9-11-21-35(33)38(36-22-12-10-20-34(36)37)32-18-8-7-17-31(32)29-15-5-2-6-16-29;1-3-11-25-21-27(19-17-23(25)9-1)33-29-13-5-7-15-31(29)34(32-16-8-6-14-30(32)33)28-20-18-24-10-2-4-12-26(24)22-28/h1-24H;1-26H;1-22H. The Morgan fingerprint density at radius 2 is 0.327 bits per heavy atom. The van der Waals surface area contributed by atoms with Crippen LogP contribution in [-0.4, -0.2) is 0 Å². The Hall–Kier alpha value is -14.3. The topological polar surface area (TPSA) is 0 Å². The minimum Gasteiger partial charge on any atom is -0.0622 e. The van der Waals surface area contributed by atoms with Gasteiger partial charge < -0.3 is 0 Å². The molecule has 0 amide bonds. The molecule has 512 valence electrons. The number of benzene rings is 22. The zero-order valence-corrected chi connectivity index (χ0v) is 60.6. The third kappa shape index (κ3) is 11.8. The van der Waals surface area contributed by atoms with Crippen LogP contribution in [0.4, 0.5) is 0 Å². The van der Waals surface area contributed by atoms with Gasteiger partial charge in [-0.2, -0.15) is 0 Å². The van der Waals surface area contributed by atoms with Crippen LogP contribution in [0, 0.1) is 0 Å². The van der Waals surface area contributed by atoms with Gasteiger partial charge in [0.2, 0.25) is 0 Å². The highest BCUT2D eigenvalue weighted by molar-refractivity contribution is 6.26. The summed E-state index contributed by atoms with van der Waals surface area (Å²) in [6.45, 7) is 0. The summed E-state index contributed by atoms with van der Waals surface area (Å²) in [5, 5.41) is 28.2. The molecule has 0 radical (unpaired) electrons. The fourth-order valence-corrected chi connectivity index (χ4v) is 17.3. The Kier molecular flexibility index (Phi) is 16.7. The number of hydrogen-bond acceptors (Lipinski definition) is 0. The minimum atomic E-state index is 1.23. The summed E-state index contributed by atoms with van der Waals surface area (Å²) in [5.41, 5.74) is 20.2. The Bertz CT molecular complexity index is 6900. The fraction of sp³-hybridized carbons (Fsp3) is 0. The van der Waals surface area contributed by atoms with Crippen molar-refractivity contribution < 1.29 is 0 Å². The first kappa shape index (κ1) is 65.2. The van der Waals surface area contributed by atoms with E-state index in [2.05, 4.69) is 437 Å². The van der Waals surface area contributed by atoms with Gasteiger partial charge in [-0.05, 0) is 244 Å². The lowest BCUT2D eigenvalue weighted by molar-refractivity contribution is 1.60. The molecule has 0 aromatic heterocycles. The van der Waals surface area contributed by atoms with Gasteiger partial charge in [0.05, 0.1) is 0 Å². The monoisotopic (exact) mass is 1390 g/mol. The molecule has 0 fully saturated rings. The maximum atomic E-state index is 2.41. The van der Waals surface area contributed by atoms with Crippen LogP contribution in [0.1, 0.15) is 0 Å². The molecule has 0 saturated carbocycles. The average Bonchev–Trinajstić information content (AvgIpc) is 0.743. The molecule has 0 aliphatic carbocycles. The third-order valence-electron chi connectivity index (χ3n) is 22.5. The Morgan fingerprint density at radius 1 is 0.0909 bits per heavy atom. The Morgan fingerprint density at radius 3 is 0.700 bits per heavy atom. The molecule has 0 aliphatic rings. The molecule has 0 nitrogen and oxygen atoms in total. The van der Waals surface area contributed by atoms with Crippen LogP contribution in [-0.2, 0) is 0 Å². The van der Waals surface area contributed by atoms with Crippen molar-refractivity contribution in [2.24, 2.45) is 0 Å². The van der Waals surface area contributed by atoms with Crippen LogP contribution in [0.25, 0.3) is 208 Å². The van der Waals surface area contributed by atoms with Crippen molar-refractivity contribution in [1.29, 1.82) is 0 Å². The van der Waals surface area contributed by atoms with E-state index >= 15 is 0 Å². The maximum Gasteiger partial charge on any atom is -0.00201 e. The van der Waals surface area contributed by atoms with Crippen molar-refractivity contribution in [3.8, 4) is 89.0 Å². The van der Waals surface area contributed by atoms with Crippen LogP contribution >= 0.6 is 0 Å². The third-order valence-corrected chi connectivity index (χ3v) is 22.5. The van der Waals surface area contributed by atoms with Gasteiger partial charge in [-0.3, -0.25) is 0 Å². The second kappa shape index (κ2) is 28.2. The quantitative estimate of drug-likeness (QED) is 0.105. The molecule has 22 aromatic rings. The van der Waals surface area contributed by atoms with Crippen molar-refractivity contribution in [3.63, 3.8) is 0 Å². The summed E-state index contributed by atoms with van der Waals surface area (Å²) in [4.78, 5) is 0. The predicted molar refractivity (Wildman–Crippen MR) is 475 cm³/mol. The van der Waals surface area contributed by atoms with E-state index in [-0.39, 0.29) is 0 Å². The van der Waals surface area contributed by atoms with Gasteiger partial charge in [0, 0.05) is 0 Å². The predicted octanol–water partition coefficient (Wildman–Crippen LogP) is 31.1. The second-order valence-electron chi connectivity index (χ2n) is 28.8. The van der Waals surface area contributed by atoms with E-state index in [1.54, 1.807) is 0 Å². The van der Waals surface area contributed by atoms with Gasteiger partial charge >= 0.3 is 0 Å². The van der Waals surface area contributed by atoms with Gasteiger partial charge in [-0.15, -0.1) is 0 Å². The highest BCUT2D eigenvalue weighted by atomic mass is 14.2. The Balaban J connectivity index is 0.000000108. The zero-order valence-electron chi connectivity index (χ0n) is 60.6. The van der Waals surface area contributed by atoms with Crippen molar-refractivity contribution in [2.75, 3.05) is 0 Å². The first-order valence-electron chi connectivity index (χ1n) is 38.1. The van der Waals surface area contributed by atoms with E-state index in [0.29, 0.717) is 0 Å². The highest BCUT2D eigenvalue weighted by Crippen LogP contribution is 2.49. The molecule has 110 heavy (non-hydrogen) atoms. The normalized spacial score (nSPS) is 11.5. The summed E-state index contributed by atoms with van der Waals surface area (Å²) in [6.07, 6.45) is 0. The van der Waals surface area contributed by atoms with Gasteiger partial charge in [-0.1, -0.05) is 400 Å². The molecule has 0 heteroatoms. The van der Waals surface area contributed by atoms with Crippen molar-refractivity contribution in [3.05, 3.63) is 437 Å². The molecule has 0 bridgehead atoms. The lowest BCUT2D eigenvalue weighted by atomic mass is 9.83. The molecule has 0 saturated heterocycles. The van der Waals surface area contributed by atoms with Crippen molar-refractivity contribution in [2.45, 2.75) is 0 Å². The SMILES string of the molecule is c1ccc(-c2ccc(-c3c4ccccc4c(-c4ccccc4-c4ccccc4)c4ccccc34)cc2)cc1.c1ccc2cc(-c3c4ccccc4c(-c4ccc5ccccc5c4)c4ccccc34)ccc2c1.c1ccc2cc(-c3cc4c5ccccc5c(-c5ccc6ccccc6c5)cc4c4ccccc34)ccc2c1. The van der Waals surface area contributed by atoms with E-state index in [1.165, 1.54) is 208 Å². The zero-order chi connectivity index (χ0) is 72.9. The van der Waals surface area contributed by atoms with Crippen LogP contribution < -0.4 is 0 Å². The molecular weight excluding hydrogens is 1320 g/mol. The van der Waals surface area contributed by atoms with E-state index in [1.807, 2.05) is 0 Å². The highest BCUT2D eigenvalue weighted by Gasteiger charge is 2.22. The molecule has 22 aromatic carbocycles. The van der Waals surface area contributed by atoms with Crippen LogP contribution in [0.3, 0.4) is 0 Å². The first-order chi connectivity index (χ1) is 54.6. The van der Waals surface area contributed by atoms with Crippen molar-refractivity contribution in [1.82, 2.24) is 0 Å². The van der Waals surface area contributed by atoms with Crippen LogP contribution in [0.15, 0.2) is 437 Å². The molecular formula is C110H72. The number of rotatable bonds is 8. The molecule has 0 unspecified atom stereocenters. The average molecular weight is 1390 g/mol. The van der Waals surface area contributed by atoms with Crippen molar-refractivity contribution >= 4 is 118 Å². The summed E-state index contributed by atoms with van der Waals surface area (Å²) in [7, 11) is 0. The van der Waals surface area contributed by atoms with Gasteiger partial charge in [0.15, 0.2) is 0 Å². The summed E-state index contributed by atoms with van der Waals surface area (Å²) in [5.74, 6) is 0. The Labute approximate surface area is 640 Å². The van der Waals surface area contributed by atoms with Crippen LogP contribution in [0.5, 0.6) is 0 Å². The van der Waals surface area contributed by atoms with Gasteiger partial charge in [0.25, 0.3) is 0 Å². The lowest BCUT2D eigenvalue weighted by Gasteiger charge is -2.19. The number of fused-ring (bicyclic) bond motifs is 13. The first-order valence-corrected chi connectivity index (χ1v) is 38.1. The summed E-state index contributed by atoms with van der Waals surface area (Å²) < 4.78 is 0. The van der Waals surface area contributed by atoms with E-state index in [4.69, 9.17) is 0 Å². The molecule has 22 rings (SSSR count). The van der Waals surface area contributed by atoms with Crippen LogP contribution in [0.2, 0.25) is 0 Å². The van der Waals surface area contributed by atoms with E-state index < -0.39 is 0 Å². The second-order valence-corrected chi connectivity index (χ2v) is 28.8. The van der Waals surface area contributed by atoms with E-state index in [9.17, 15) is 0 Å². The molecule has 0 aliphatic heterocycles. The molecule has 0 atom stereocenters. The maximum absolute atomic E-state index is 2.41. The van der Waals surface area contributed by atoms with Gasteiger partial charge in [-0.25, -0.2) is 0 Å². The van der Waals surface area contributed by atoms with E-state index in [0.717, 1.165) is 0 Å². The molecule has 0 N–H and O–H groups in total. The molecule has 0 spiro atoms. The summed E-state index contributed by atoms with van der Waals surface area (Å²) >= 11 is 0. The largest absolute Gasteiger partial charge is 0.0622 e. The minimum absolute atomic E-state index is 1.23.